The van der Waals surface area contributed by atoms with Crippen LogP contribution in [-0.4, -0.2) is 19.1 Å². The Morgan fingerprint density at radius 3 is 1.50 bits per heavy atom. The van der Waals surface area contributed by atoms with Crippen LogP contribution >= 0.6 is 0 Å². The molecule has 0 bridgehead atoms. The Morgan fingerprint density at radius 2 is 0.774 bits per heavy atom. The Balaban J connectivity index is 1.07. The molecular formula is C58H38N4. The molecule has 62 heavy (non-hydrogen) atoms. The molecule has 9 aromatic carbocycles. The van der Waals surface area contributed by atoms with Gasteiger partial charge in [-0.25, -0.2) is 9.97 Å². The first-order chi connectivity index (χ1) is 30.8. The highest BCUT2D eigenvalue weighted by Crippen LogP contribution is 2.42. The number of benzene rings is 9. The van der Waals surface area contributed by atoms with Crippen molar-refractivity contribution in [3.8, 4) is 67.4 Å². The van der Waals surface area contributed by atoms with Crippen LogP contribution in [0.4, 0.5) is 0 Å². The highest BCUT2D eigenvalue weighted by atomic mass is 15.1. The minimum atomic E-state index is 0.673. The molecule has 0 aliphatic heterocycles. The topological polar surface area (TPSA) is 35.6 Å². The van der Waals surface area contributed by atoms with Crippen LogP contribution in [0.1, 0.15) is 0 Å². The fraction of sp³-hybridized carbons (Fsp3) is 0. The largest absolute Gasteiger partial charge is 0.309 e. The molecule has 0 saturated heterocycles. The van der Waals surface area contributed by atoms with E-state index in [4.69, 9.17) is 9.97 Å². The fourth-order valence-corrected chi connectivity index (χ4v) is 9.32. The average molecular weight is 791 g/mol. The van der Waals surface area contributed by atoms with Crippen LogP contribution in [0.3, 0.4) is 0 Å². The maximum Gasteiger partial charge on any atom is 0.162 e. The van der Waals surface area contributed by atoms with Gasteiger partial charge in [-0.2, -0.15) is 0 Å². The van der Waals surface area contributed by atoms with E-state index in [1.807, 2.05) is 0 Å². The zero-order valence-corrected chi connectivity index (χ0v) is 33.7. The van der Waals surface area contributed by atoms with Gasteiger partial charge in [0, 0.05) is 38.7 Å². The van der Waals surface area contributed by atoms with Crippen LogP contribution in [-0.2, 0) is 0 Å². The van der Waals surface area contributed by atoms with Gasteiger partial charge in [0.15, 0.2) is 5.82 Å². The highest BCUT2D eigenvalue weighted by Gasteiger charge is 2.22. The molecule has 3 heterocycles. The fourth-order valence-electron chi connectivity index (χ4n) is 9.32. The minimum Gasteiger partial charge on any atom is -0.309 e. The molecule has 0 unspecified atom stereocenters. The molecule has 0 aliphatic rings. The van der Waals surface area contributed by atoms with Crippen molar-refractivity contribution in [1.29, 1.82) is 0 Å². The van der Waals surface area contributed by atoms with Gasteiger partial charge in [-0.1, -0.05) is 176 Å². The molecule has 290 valence electrons. The third-order valence-electron chi connectivity index (χ3n) is 12.1. The number of hydrogen-bond donors (Lipinski definition) is 0. The molecule has 0 fully saturated rings. The van der Waals surface area contributed by atoms with Crippen molar-refractivity contribution in [2.24, 2.45) is 0 Å². The maximum absolute atomic E-state index is 5.53. The van der Waals surface area contributed by atoms with Crippen molar-refractivity contribution in [3.63, 3.8) is 0 Å². The number of fused-ring (bicyclic) bond motifs is 6. The second kappa shape index (κ2) is 14.7. The zero-order chi connectivity index (χ0) is 41.0. The predicted octanol–water partition coefficient (Wildman–Crippen LogP) is 15.0. The molecule has 0 aliphatic carbocycles. The molecule has 12 aromatic rings. The number of hydrogen-bond acceptors (Lipinski definition) is 2. The third-order valence-corrected chi connectivity index (χ3v) is 12.1. The van der Waals surface area contributed by atoms with Crippen molar-refractivity contribution < 1.29 is 0 Å². The summed E-state index contributed by atoms with van der Waals surface area (Å²) in [5.74, 6) is 0.673. The minimum absolute atomic E-state index is 0.673. The van der Waals surface area contributed by atoms with Gasteiger partial charge in [0.05, 0.1) is 27.6 Å². The van der Waals surface area contributed by atoms with E-state index in [9.17, 15) is 0 Å². The van der Waals surface area contributed by atoms with Crippen LogP contribution in [0.5, 0.6) is 0 Å². The molecular weight excluding hydrogens is 753 g/mol. The molecule has 0 saturated carbocycles. The summed E-state index contributed by atoms with van der Waals surface area (Å²) >= 11 is 0. The van der Waals surface area contributed by atoms with E-state index in [0.29, 0.717) is 5.82 Å². The Hall–Kier alpha value is -8.34. The number of para-hydroxylation sites is 3. The molecule has 0 radical (unpaired) electrons. The summed E-state index contributed by atoms with van der Waals surface area (Å²) in [5, 5.41) is 4.57. The van der Waals surface area contributed by atoms with Crippen LogP contribution in [0.15, 0.2) is 231 Å². The Labute approximate surface area is 359 Å². The average Bonchev–Trinajstić information content (AvgIpc) is 3.88. The summed E-state index contributed by atoms with van der Waals surface area (Å²) in [6, 6.07) is 82.1. The first-order valence-corrected chi connectivity index (χ1v) is 21.1. The van der Waals surface area contributed by atoms with E-state index in [0.717, 1.165) is 72.3 Å². The van der Waals surface area contributed by atoms with E-state index in [-0.39, 0.29) is 0 Å². The van der Waals surface area contributed by atoms with Crippen LogP contribution in [0, 0.1) is 0 Å². The van der Waals surface area contributed by atoms with Gasteiger partial charge in [-0.3, -0.25) is 4.57 Å². The Kier molecular flexibility index (Phi) is 8.46. The molecule has 0 atom stereocenters. The second-order valence-corrected chi connectivity index (χ2v) is 15.8. The van der Waals surface area contributed by atoms with Crippen molar-refractivity contribution in [3.05, 3.63) is 231 Å². The van der Waals surface area contributed by atoms with Crippen molar-refractivity contribution in [2.45, 2.75) is 0 Å². The third kappa shape index (κ3) is 5.92. The van der Waals surface area contributed by atoms with Gasteiger partial charge in [0.1, 0.15) is 5.65 Å². The summed E-state index contributed by atoms with van der Waals surface area (Å²) in [6.45, 7) is 0. The van der Waals surface area contributed by atoms with E-state index >= 15 is 0 Å². The quantitative estimate of drug-likeness (QED) is 0.161. The molecule has 12 rings (SSSR count). The lowest BCUT2D eigenvalue weighted by molar-refractivity contribution is 1.11. The summed E-state index contributed by atoms with van der Waals surface area (Å²) < 4.78 is 4.69. The summed E-state index contributed by atoms with van der Waals surface area (Å²) in [7, 11) is 0. The first kappa shape index (κ1) is 35.6. The van der Waals surface area contributed by atoms with Gasteiger partial charge in [-0.15, -0.1) is 0 Å². The number of aromatic nitrogens is 4. The standard InChI is InChI=1S/C58H38N4/c1-4-18-39(19-5-1)41-22-14-25-44(36-41)56-55-50-31-11-13-34-52(50)62(46-27-8-3-9-28-46)58(55)60-57(59-56)45-26-15-24-43(37-45)48-32-17-35-53-54(48)49-30-10-12-33-51(49)61(53)47-29-16-23-42(38-47)40-20-6-2-7-21-40/h1-38H. The Bertz CT molecular complexity index is 3620. The molecule has 0 N–H and O–H groups in total. The number of rotatable bonds is 7. The van der Waals surface area contributed by atoms with Crippen LogP contribution in [0.25, 0.3) is 111 Å². The van der Waals surface area contributed by atoms with E-state index in [2.05, 4.69) is 240 Å². The lowest BCUT2D eigenvalue weighted by atomic mass is 9.97. The van der Waals surface area contributed by atoms with Gasteiger partial charge >= 0.3 is 0 Å². The smallest absolute Gasteiger partial charge is 0.162 e. The van der Waals surface area contributed by atoms with Gasteiger partial charge < -0.3 is 4.57 Å². The highest BCUT2D eigenvalue weighted by molar-refractivity contribution is 6.16. The maximum atomic E-state index is 5.53. The van der Waals surface area contributed by atoms with Gasteiger partial charge in [0.2, 0.25) is 0 Å². The van der Waals surface area contributed by atoms with E-state index in [1.165, 1.54) is 33.0 Å². The van der Waals surface area contributed by atoms with E-state index in [1.54, 1.807) is 0 Å². The molecule has 0 spiro atoms. The summed E-state index contributed by atoms with van der Waals surface area (Å²) in [4.78, 5) is 11.0. The summed E-state index contributed by atoms with van der Waals surface area (Å²) in [5.41, 5.74) is 16.3. The normalized spacial score (nSPS) is 11.5. The van der Waals surface area contributed by atoms with Crippen molar-refractivity contribution in [2.75, 3.05) is 0 Å². The predicted molar refractivity (Wildman–Crippen MR) is 258 cm³/mol. The second-order valence-electron chi connectivity index (χ2n) is 15.8. The SMILES string of the molecule is c1ccc(-c2cccc(-c3nc(-c4cccc(-c5cccc6c5c5ccccc5n6-c5cccc(-c6ccccc6)c5)c4)nc4c3c3ccccc3n4-c3ccccc3)c2)cc1. The van der Waals surface area contributed by atoms with Crippen molar-refractivity contribution >= 4 is 43.7 Å². The molecule has 4 nitrogen and oxygen atoms in total. The monoisotopic (exact) mass is 790 g/mol. The van der Waals surface area contributed by atoms with Crippen LogP contribution in [0.2, 0.25) is 0 Å². The van der Waals surface area contributed by atoms with Crippen molar-refractivity contribution in [1.82, 2.24) is 19.1 Å². The molecule has 0 amide bonds. The van der Waals surface area contributed by atoms with E-state index < -0.39 is 0 Å². The van der Waals surface area contributed by atoms with Gasteiger partial charge in [0.25, 0.3) is 0 Å². The van der Waals surface area contributed by atoms with Crippen LogP contribution < -0.4 is 0 Å². The lowest BCUT2D eigenvalue weighted by Gasteiger charge is -2.13. The number of nitrogens with zero attached hydrogens (tertiary/aromatic N) is 4. The summed E-state index contributed by atoms with van der Waals surface area (Å²) in [6.07, 6.45) is 0. The lowest BCUT2D eigenvalue weighted by Crippen LogP contribution is -1.99. The Morgan fingerprint density at radius 1 is 0.290 bits per heavy atom. The first-order valence-electron chi connectivity index (χ1n) is 21.1. The zero-order valence-electron chi connectivity index (χ0n) is 33.7. The molecule has 4 heteroatoms. The van der Waals surface area contributed by atoms with Gasteiger partial charge in [-0.05, 0) is 88.0 Å². The molecule has 3 aromatic heterocycles.